The van der Waals surface area contributed by atoms with Crippen LogP contribution in [0, 0.1) is 5.92 Å². The predicted molar refractivity (Wildman–Crippen MR) is 69.1 cm³/mol. The summed E-state index contributed by atoms with van der Waals surface area (Å²) in [7, 11) is 1.56. The minimum absolute atomic E-state index is 0.0231. The third-order valence-corrected chi connectivity index (χ3v) is 3.38. The van der Waals surface area contributed by atoms with Crippen LogP contribution in [0.5, 0.6) is 11.5 Å². The van der Waals surface area contributed by atoms with Crippen LogP contribution in [-0.2, 0) is 0 Å². The summed E-state index contributed by atoms with van der Waals surface area (Å²) in [4.78, 5) is 1.75. The molecule has 0 aliphatic carbocycles. The number of benzene rings is 1. The molecule has 0 aromatic heterocycles. The third-order valence-electron chi connectivity index (χ3n) is 3.38. The Morgan fingerprint density at radius 3 is 2.40 bits per heavy atom. The summed E-state index contributed by atoms with van der Waals surface area (Å²) in [5.41, 5.74) is 0. The van der Waals surface area contributed by atoms with Crippen LogP contribution in [0.2, 0.25) is 0 Å². The van der Waals surface area contributed by atoms with Gasteiger partial charge in [-0.1, -0.05) is 19.1 Å². The number of para-hydroxylation sites is 2. The molecular formula is C14H18F3NO2. The third kappa shape index (κ3) is 3.56. The van der Waals surface area contributed by atoms with Gasteiger partial charge in [-0.15, -0.1) is 0 Å². The lowest BCUT2D eigenvalue weighted by atomic mass is 10.1. The highest BCUT2D eigenvalue weighted by Crippen LogP contribution is 2.30. The number of ether oxygens (including phenoxy) is 2. The van der Waals surface area contributed by atoms with Crippen LogP contribution in [0.1, 0.15) is 6.92 Å². The van der Waals surface area contributed by atoms with Gasteiger partial charge in [-0.3, -0.25) is 4.90 Å². The van der Waals surface area contributed by atoms with Crippen LogP contribution in [0.4, 0.5) is 13.2 Å². The number of halogens is 3. The van der Waals surface area contributed by atoms with Gasteiger partial charge in [0.1, 0.15) is 6.10 Å². The lowest BCUT2D eigenvalue weighted by molar-refractivity contribution is -0.179. The fourth-order valence-electron chi connectivity index (χ4n) is 2.13. The van der Waals surface area contributed by atoms with E-state index in [1.165, 1.54) is 6.92 Å². The fourth-order valence-corrected chi connectivity index (χ4v) is 2.13. The van der Waals surface area contributed by atoms with Crippen LogP contribution in [0.25, 0.3) is 0 Å². The van der Waals surface area contributed by atoms with E-state index in [0.717, 1.165) is 0 Å². The average molecular weight is 289 g/mol. The molecule has 1 aliphatic rings. The van der Waals surface area contributed by atoms with Gasteiger partial charge in [0.15, 0.2) is 11.5 Å². The van der Waals surface area contributed by atoms with Crippen LogP contribution < -0.4 is 9.47 Å². The monoisotopic (exact) mass is 289 g/mol. The predicted octanol–water partition coefficient (Wildman–Crippen LogP) is 2.96. The number of hydrogen-bond acceptors (Lipinski definition) is 3. The molecule has 1 fully saturated rings. The Balaban J connectivity index is 1.80. The minimum Gasteiger partial charge on any atom is -0.493 e. The van der Waals surface area contributed by atoms with E-state index in [9.17, 15) is 13.2 Å². The van der Waals surface area contributed by atoms with Gasteiger partial charge in [-0.05, 0) is 12.1 Å². The van der Waals surface area contributed by atoms with Crippen LogP contribution in [0.3, 0.4) is 0 Å². The first-order valence-electron chi connectivity index (χ1n) is 6.49. The van der Waals surface area contributed by atoms with Gasteiger partial charge < -0.3 is 9.47 Å². The summed E-state index contributed by atoms with van der Waals surface area (Å²) in [6.45, 7) is 2.25. The first-order valence-corrected chi connectivity index (χ1v) is 6.49. The maximum Gasteiger partial charge on any atom is 0.392 e. The molecule has 0 amide bonds. The van der Waals surface area contributed by atoms with Crippen molar-refractivity contribution in [2.75, 3.05) is 26.7 Å². The number of alkyl halides is 3. The van der Waals surface area contributed by atoms with Crippen molar-refractivity contribution < 1.29 is 22.6 Å². The molecule has 0 saturated carbocycles. The van der Waals surface area contributed by atoms with Crippen LogP contribution in [0.15, 0.2) is 24.3 Å². The quantitative estimate of drug-likeness (QED) is 0.832. The zero-order chi connectivity index (χ0) is 14.8. The molecule has 1 heterocycles. The maximum absolute atomic E-state index is 12.4. The Bertz CT molecular complexity index is 444. The largest absolute Gasteiger partial charge is 0.493 e. The minimum atomic E-state index is -4.13. The van der Waals surface area contributed by atoms with Gasteiger partial charge in [0.2, 0.25) is 0 Å². The van der Waals surface area contributed by atoms with E-state index in [-0.39, 0.29) is 12.6 Å². The molecule has 1 aliphatic heterocycles. The molecule has 1 atom stereocenters. The highest BCUT2D eigenvalue weighted by atomic mass is 19.4. The molecule has 0 spiro atoms. The second kappa shape index (κ2) is 5.91. The van der Waals surface area contributed by atoms with Gasteiger partial charge in [0.05, 0.1) is 13.0 Å². The first-order chi connectivity index (χ1) is 9.40. The smallest absolute Gasteiger partial charge is 0.392 e. The molecule has 2 rings (SSSR count). The van der Waals surface area contributed by atoms with Gasteiger partial charge >= 0.3 is 6.18 Å². The molecule has 3 nitrogen and oxygen atoms in total. The van der Waals surface area contributed by atoms with E-state index in [1.54, 1.807) is 24.1 Å². The maximum atomic E-state index is 12.4. The number of hydrogen-bond donors (Lipinski definition) is 0. The second-order valence-electron chi connectivity index (χ2n) is 5.05. The van der Waals surface area contributed by atoms with Crippen molar-refractivity contribution in [1.82, 2.24) is 4.90 Å². The Hall–Kier alpha value is -1.43. The van der Waals surface area contributed by atoms with Crippen LogP contribution in [-0.4, -0.2) is 43.9 Å². The summed E-state index contributed by atoms with van der Waals surface area (Å²) in [6, 6.07) is 7.25. The van der Waals surface area contributed by atoms with E-state index in [4.69, 9.17) is 9.47 Å². The van der Waals surface area contributed by atoms with Gasteiger partial charge in [-0.25, -0.2) is 0 Å². The van der Waals surface area contributed by atoms with Crippen molar-refractivity contribution in [3.8, 4) is 11.5 Å². The SMILES string of the molecule is COc1ccccc1OC1CN(CC(C)C(F)(F)F)C1. The molecule has 6 heteroatoms. The molecule has 20 heavy (non-hydrogen) atoms. The topological polar surface area (TPSA) is 21.7 Å². The molecule has 0 N–H and O–H groups in total. The number of likely N-dealkylation sites (tertiary alicyclic amines) is 1. The highest BCUT2D eigenvalue weighted by Gasteiger charge is 2.39. The van der Waals surface area contributed by atoms with Crippen molar-refractivity contribution in [3.05, 3.63) is 24.3 Å². The van der Waals surface area contributed by atoms with Gasteiger partial charge in [0.25, 0.3) is 0 Å². The van der Waals surface area contributed by atoms with E-state index >= 15 is 0 Å². The molecule has 1 aromatic rings. The Morgan fingerprint density at radius 2 is 1.85 bits per heavy atom. The zero-order valence-corrected chi connectivity index (χ0v) is 11.5. The first kappa shape index (κ1) is 15.0. The van der Waals surface area contributed by atoms with Gasteiger partial charge in [-0.2, -0.15) is 13.2 Å². The number of nitrogens with zero attached hydrogens (tertiary/aromatic N) is 1. The standard InChI is InChI=1S/C14H18F3NO2/c1-10(14(15,16)17)7-18-8-11(9-18)20-13-6-4-3-5-12(13)19-2/h3-6,10-11H,7-9H2,1-2H3. The Kier molecular flexibility index (Phi) is 4.42. The number of rotatable bonds is 5. The van der Waals surface area contributed by atoms with E-state index < -0.39 is 12.1 Å². The van der Waals surface area contributed by atoms with Crippen molar-refractivity contribution >= 4 is 0 Å². The summed E-state index contributed by atoms with van der Waals surface area (Å²) in [6.07, 6.45) is -4.21. The Labute approximate surface area is 116 Å². The van der Waals surface area contributed by atoms with E-state index in [0.29, 0.717) is 24.6 Å². The van der Waals surface area contributed by atoms with E-state index in [1.807, 2.05) is 12.1 Å². The second-order valence-corrected chi connectivity index (χ2v) is 5.05. The van der Waals surface area contributed by atoms with Crippen molar-refractivity contribution in [2.24, 2.45) is 5.92 Å². The molecular weight excluding hydrogens is 271 g/mol. The lowest BCUT2D eigenvalue weighted by Crippen LogP contribution is -2.55. The number of methoxy groups -OCH3 is 1. The summed E-state index contributed by atoms with van der Waals surface area (Å²) in [5.74, 6) is -0.0483. The molecule has 0 radical (unpaired) electrons. The van der Waals surface area contributed by atoms with Crippen LogP contribution >= 0.6 is 0 Å². The fraction of sp³-hybridized carbons (Fsp3) is 0.571. The summed E-state index contributed by atoms with van der Waals surface area (Å²) < 4.78 is 48.2. The average Bonchev–Trinajstić information content (AvgIpc) is 2.35. The molecule has 1 saturated heterocycles. The molecule has 112 valence electrons. The van der Waals surface area contributed by atoms with Crippen molar-refractivity contribution in [1.29, 1.82) is 0 Å². The molecule has 1 aromatic carbocycles. The van der Waals surface area contributed by atoms with E-state index in [2.05, 4.69) is 0 Å². The van der Waals surface area contributed by atoms with Crippen molar-refractivity contribution in [2.45, 2.75) is 19.2 Å². The summed E-state index contributed by atoms with van der Waals surface area (Å²) >= 11 is 0. The van der Waals surface area contributed by atoms with Crippen molar-refractivity contribution in [3.63, 3.8) is 0 Å². The highest BCUT2D eigenvalue weighted by molar-refractivity contribution is 5.39. The van der Waals surface area contributed by atoms with Gasteiger partial charge in [0, 0.05) is 19.6 Å². The zero-order valence-electron chi connectivity index (χ0n) is 11.5. The summed E-state index contributed by atoms with van der Waals surface area (Å²) in [5, 5.41) is 0. The normalized spacial score (nSPS) is 18.4. The molecule has 0 bridgehead atoms. The molecule has 1 unspecified atom stereocenters. The lowest BCUT2D eigenvalue weighted by Gasteiger charge is -2.40. The Morgan fingerprint density at radius 1 is 1.25 bits per heavy atom.